The van der Waals surface area contributed by atoms with Gasteiger partial charge in [-0.25, -0.2) is 0 Å². The lowest BCUT2D eigenvalue weighted by atomic mass is 9.95. The summed E-state index contributed by atoms with van der Waals surface area (Å²) >= 11 is 0. The van der Waals surface area contributed by atoms with Gasteiger partial charge in [0, 0.05) is 43.6 Å². The zero-order valence-electron chi connectivity index (χ0n) is 32.2. The first-order valence-corrected chi connectivity index (χ1v) is 20.3. The van der Waals surface area contributed by atoms with Gasteiger partial charge in [0.05, 0.1) is 16.8 Å². The number of para-hydroxylation sites is 2. The van der Waals surface area contributed by atoms with E-state index in [1.165, 1.54) is 5.39 Å². The van der Waals surface area contributed by atoms with Gasteiger partial charge in [0.25, 0.3) is 0 Å². The van der Waals surface area contributed by atoms with Crippen LogP contribution in [-0.4, -0.2) is 0 Å². The van der Waals surface area contributed by atoms with Gasteiger partial charge >= 0.3 is 0 Å². The summed E-state index contributed by atoms with van der Waals surface area (Å²) in [6.07, 6.45) is 0. The number of hydrogen-bond acceptors (Lipinski definition) is 4. The molecule has 0 unspecified atom stereocenters. The van der Waals surface area contributed by atoms with E-state index >= 15 is 0 Å². The third-order valence-electron chi connectivity index (χ3n) is 12.2. The van der Waals surface area contributed by atoms with Crippen LogP contribution in [0.3, 0.4) is 0 Å². The Morgan fingerprint density at radius 2 is 0.883 bits per heavy atom. The molecule has 60 heavy (non-hydrogen) atoms. The van der Waals surface area contributed by atoms with E-state index < -0.39 is 0 Å². The summed E-state index contributed by atoms with van der Waals surface area (Å²) in [4.78, 5) is 2.40. The molecule has 0 aliphatic heterocycles. The molecule has 0 atom stereocenters. The van der Waals surface area contributed by atoms with Crippen molar-refractivity contribution in [3.8, 4) is 22.3 Å². The Hall–Kier alpha value is -8.08. The maximum Gasteiger partial charge on any atom is 0.143 e. The van der Waals surface area contributed by atoms with Crippen LogP contribution in [0.5, 0.6) is 0 Å². The minimum atomic E-state index is 0.839. The lowest BCUT2D eigenvalue weighted by Crippen LogP contribution is -2.11. The highest BCUT2D eigenvalue weighted by Crippen LogP contribution is 2.49. The number of hydrogen-bond donors (Lipinski definition) is 0. The van der Waals surface area contributed by atoms with Crippen LogP contribution in [0.25, 0.3) is 110 Å². The molecule has 4 nitrogen and oxygen atoms in total. The van der Waals surface area contributed by atoms with E-state index in [0.29, 0.717) is 0 Å². The predicted octanol–water partition coefficient (Wildman–Crippen LogP) is 16.5. The van der Waals surface area contributed by atoms with E-state index in [1.54, 1.807) is 0 Å². The Balaban J connectivity index is 1.07. The molecule has 4 heteroatoms. The molecular formula is C56H33NO3. The molecule has 0 radical (unpaired) electrons. The molecule has 0 N–H and O–H groups in total. The number of furan rings is 3. The van der Waals surface area contributed by atoms with Crippen molar-refractivity contribution in [3.63, 3.8) is 0 Å². The second-order valence-electron chi connectivity index (χ2n) is 15.6. The number of nitrogens with zero attached hydrogens (tertiary/aromatic N) is 1. The SMILES string of the molecule is c1ccc(N(c2ccc(-c3cccc4oc5ccccc5c34)cc2)c2cccc3oc4c5ccccc5ccc4c23)c(-c2cccc3oc4cc5ccccc5cc4c23)c1. The number of anilines is 3. The van der Waals surface area contributed by atoms with Gasteiger partial charge in [0.15, 0.2) is 0 Å². The first-order valence-electron chi connectivity index (χ1n) is 20.3. The smallest absolute Gasteiger partial charge is 0.143 e. The Morgan fingerprint density at radius 1 is 0.300 bits per heavy atom. The van der Waals surface area contributed by atoms with Crippen LogP contribution in [0.4, 0.5) is 17.1 Å². The minimum absolute atomic E-state index is 0.839. The number of benzene rings is 10. The Bertz CT molecular complexity index is 3850. The van der Waals surface area contributed by atoms with E-state index in [4.69, 9.17) is 13.3 Å². The molecule has 0 fully saturated rings. The van der Waals surface area contributed by atoms with Gasteiger partial charge in [-0.2, -0.15) is 0 Å². The molecule has 0 aliphatic carbocycles. The highest BCUT2D eigenvalue weighted by Gasteiger charge is 2.24. The summed E-state index contributed by atoms with van der Waals surface area (Å²) in [6, 6.07) is 70.8. The summed E-state index contributed by atoms with van der Waals surface area (Å²) in [5, 5.41) is 11.2. The molecule has 3 heterocycles. The van der Waals surface area contributed by atoms with Crippen molar-refractivity contribution in [2.45, 2.75) is 0 Å². The van der Waals surface area contributed by atoms with Gasteiger partial charge in [0.1, 0.15) is 33.5 Å². The molecule has 0 saturated heterocycles. The molecule has 13 aromatic rings. The van der Waals surface area contributed by atoms with Crippen LogP contribution in [0.1, 0.15) is 0 Å². The van der Waals surface area contributed by atoms with Crippen molar-refractivity contribution < 1.29 is 13.3 Å². The highest BCUT2D eigenvalue weighted by atomic mass is 16.3. The van der Waals surface area contributed by atoms with E-state index in [0.717, 1.165) is 121 Å². The molecule has 3 aromatic heterocycles. The van der Waals surface area contributed by atoms with Crippen molar-refractivity contribution in [3.05, 3.63) is 200 Å². The standard InChI is InChI=1S/C56H33NO3/c1-2-14-37-33-52-45(32-36(37)13-1)54-42(19-10-24-50(54)59-52)41-16-5-7-20-46(41)57(47-21-11-25-51-55(47)44-31-28-34-12-3-4-15-40(34)56(44)60-51)38-29-26-35(27-30-38)39-18-9-23-49-53(39)43-17-6-8-22-48(43)58-49/h1-33H. The van der Waals surface area contributed by atoms with Crippen LogP contribution < -0.4 is 4.90 Å². The van der Waals surface area contributed by atoms with Crippen LogP contribution in [0, 0.1) is 0 Å². The normalized spacial score (nSPS) is 12.0. The molecule has 0 saturated carbocycles. The fourth-order valence-corrected chi connectivity index (χ4v) is 9.57. The zero-order valence-corrected chi connectivity index (χ0v) is 32.2. The molecule has 280 valence electrons. The van der Waals surface area contributed by atoms with Gasteiger partial charge in [-0.3, -0.25) is 0 Å². The Labute approximate surface area is 343 Å². The van der Waals surface area contributed by atoms with Crippen molar-refractivity contribution in [1.82, 2.24) is 0 Å². The Morgan fingerprint density at radius 3 is 1.72 bits per heavy atom. The monoisotopic (exact) mass is 767 g/mol. The fourth-order valence-electron chi connectivity index (χ4n) is 9.57. The first kappa shape index (κ1) is 32.9. The van der Waals surface area contributed by atoms with E-state index in [1.807, 2.05) is 12.1 Å². The third-order valence-corrected chi connectivity index (χ3v) is 12.2. The molecule has 0 amide bonds. The second-order valence-corrected chi connectivity index (χ2v) is 15.6. The maximum atomic E-state index is 6.77. The summed E-state index contributed by atoms with van der Waals surface area (Å²) < 4.78 is 19.7. The van der Waals surface area contributed by atoms with E-state index in [2.05, 4.69) is 193 Å². The van der Waals surface area contributed by atoms with Crippen LogP contribution in [0.15, 0.2) is 213 Å². The van der Waals surface area contributed by atoms with Gasteiger partial charge in [0.2, 0.25) is 0 Å². The van der Waals surface area contributed by atoms with E-state index in [-0.39, 0.29) is 0 Å². The van der Waals surface area contributed by atoms with Gasteiger partial charge in [-0.15, -0.1) is 0 Å². The average molecular weight is 768 g/mol. The van der Waals surface area contributed by atoms with E-state index in [9.17, 15) is 0 Å². The average Bonchev–Trinajstić information content (AvgIpc) is 4.00. The van der Waals surface area contributed by atoms with Crippen LogP contribution >= 0.6 is 0 Å². The van der Waals surface area contributed by atoms with Crippen LogP contribution in [-0.2, 0) is 0 Å². The van der Waals surface area contributed by atoms with Crippen LogP contribution in [0.2, 0.25) is 0 Å². The Kier molecular flexibility index (Phi) is 6.98. The lowest BCUT2D eigenvalue weighted by molar-refractivity contribution is 0.669. The maximum absolute atomic E-state index is 6.77. The summed E-state index contributed by atoms with van der Waals surface area (Å²) in [5.74, 6) is 0. The van der Waals surface area contributed by atoms with Crippen molar-refractivity contribution in [2.24, 2.45) is 0 Å². The molecular weight excluding hydrogens is 735 g/mol. The van der Waals surface area contributed by atoms with Crippen molar-refractivity contribution in [1.29, 1.82) is 0 Å². The third kappa shape index (κ3) is 4.85. The second kappa shape index (κ2) is 12.7. The minimum Gasteiger partial charge on any atom is -0.456 e. The molecule has 0 spiro atoms. The van der Waals surface area contributed by atoms with Crippen molar-refractivity contribution in [2.75, 3.05) is 4.90 Å². The topological polar surface area (TPSA) is 42.7 Å². The number of rotatable bonds is 5. The quantitative estimate of drug-likeness (QED) is 0.175. The predicted molar refractivity (Wildman–Crippen MR) is 249 cm³/mol. The molecule has 0 bridgehead atoms. The molecule has 10 aromatic carbocycles. The largest absolute Gasteiger partial charge is 0.456 e. The zero-order chi connectivity index (χ0) is 39.3. The number of fused-ring (bicyclic) bond motifs is 12. The summed E-state index contributed by atoms with van der Waals surface area (Å²) in [7, 11) is 0. The van der Waals surface area contributed by atoms with Gasteiger partial charge in [-0.1, -0.05) is 133 Å². The first-order chi connectivity index (χ1) is 29.7. The molecule has 13 rings (SSSR count). The summed E-state index contributed by atoms with van der Waals surface area (Å²) in [5.41, 5.74) is 12.8. The van der Waals surface area contributed by atoms with Crippen molar-refractivity contribution >= 4 is 104 Å². The summed E-state index contributed by atoms with van der Waals surface area (Å²) in [6.45, 7) is 0. The fraction of sp³-hybridized carbons (Fsp3) is 0. The van der Waals surface area contributed by atoms with Gasteiger partial charge in [-0.05, 0) is 99.6 Å². The lowest BCUT2D eigenvalue weighted by Gasteiger charge is -2.29. The van der Waals surface area contributed by atoms with Gasteiger partial charge < -0.3 is 18.2 Å². The highest BCUT2D eigenvalue weighted by molar-refractivity contribution is 6.21. The molecule has 0 aliphatic rings.